The molecule has 27 heavy (non-hydrogen) atoms. The molecule has 0 saturated carbocycles. The molecule has 0 aliphatic rings. The summed E-state index contributed by atoms with van der Waals surface area (Å²) in [5.41, 5.74) is -3.37. The number of hydrogen-bond donors (Lipinski definition) is 1. The lowest BCUT2D eigenvalue weighted by Crippen LogP contribution is -2.61. The van der Waals surface area contributed by atoms with E-state index in [1.54, 1.807) is 13.8 Å². The van der Waals surface area contributed by atoms with Crippen molar-refractivity contribution >= 4 is 16.3 Å². The summed E-state index contributed by atoms with van der Waals surface area (Å²) in [6, 6.07) is 11.5. The van der Waals surface area contributed by atoms with E-state index in [0.29, 0.717) is 0 Å². The lowest BCUT2D eigenvalue weighted by Gasteiger charge is -2.45. The fraction of sp³-hybridized carbons (Fsp3) is 0.455. The minimum absolute atomic E-state index is 0.741. The van der Waals surface area contributed by atoms with E-state index in [0.717, 1.165) is 34.4 Å². The predicted molar refractivity (Wildman–Crippen MR) is 104 cm³/mol. The standard InChI is InChI=1S/C22H27F3O2/c1-14(2)16-12-11-15-9-8-10-18(17(15)13-16)19(3,4)27-20(5,6)21(7,26)22(23,24)25/h8-13,26H,1H2,2-7H3. The Morgan fingerprint density at radius 1 is 1.00 bits per heavy atom. The summed E-state index contributed by atoms with van der Waals surface area (Å²) in [7, 11) is 0. The molecule has 0 fully saturated rings. The van der Waals surface area contributed by atoms with Gasteiger partial charge < -0.3 is 9.84 Å². The van der Waals surface area contributed by atoms with Crippen LogP contribution in [-0.2, 0) is 10.3 Å². The molecule has 0 aliphatic carbocycles. The van der Waals surface area contributed by atoms with E-state index in [4.69, 9.17) is 4.74 Å². The molecule has 1 unspecified atom stereocenters. The maximum Gasteiger partial charge on any atom is 0.419 e. The summed E-state index contributed by atoms with van der Waals surface area (Å²) in [6.45, 7) is 12.5. The number of halogens is 3. The Hall–Kier alpha value is -1.85. The molecule has 0 heterocycles. The van der Waals surface area contributed by atoms with E-state index in [-0.39, 0.29) is 0 Å². The van der Waals surface area contributed by atoms with Crippen molar-refractivity contribution in [1.29, 1.82) is 0 Å². The highest BCUT2D eigenvalue weighted by atomic mass is 19.4. The van der Waals surface area contributed by atoms with Gasteiger partial charge in [-0.2, -0.15) is 13.2 Å². The summed E-state index contributed by atoms with van der Waals surface area (Å²) in [5.74, 6) is 0. The Kier molecular flexibility index (Phi) is 5.28. The van der Waals surface area contributed by atoms with E-state index in [2.05, 4.69) is 6.58 Å². The average Bonchev–Trinajstić information content (AvgIpc) is 2.51. The lowest BCUT2D eigenvalue weighted by molar-refractivity contribution is -0.328. The Bertz CT molecular complexity index is 861. The first-order valence-electron chi connectivity index (χ1n) is 8.78. The molecule has 0 aliphatic heterocycles. The SMILES string of the molecule is C=C(C)c1ccc2cccc(C(C)(C)OC(C)(C)C(C)(O)C(F)(F)F)c2c1. The fourth-order valence-corrected chi connectivity index (χ4v) is 3.20. The fourth-order valence-electron chi connectivity index (χ4n) is 3.20. The van der Waals surface area contributed by atoms with Crippen molar-refractivity contribution in [3.8, 4) is 0 Å². The number of rotatable bonds is 5. The molecule has 2 rings (SSSR count). The molecule has 5 heteroatoms. The van der Waals surface area contributed by atoms with Crippen molar-refractivity contribution in [2.24, 2.45) is 0 Å². The van der Waals surface area contributed by atoms with Crippen molar-refractivity contribution in [2.75, 3.05) is 0 Å². The molecular formula is C22H27F3O2. The number of hydrogen-bond acceptors (Lipinski definition) is 2. The molecule has 148 valence electrons. The highest BCUT2D eigenvalue weighted by molar-refractivity contribution is 5.89. The third-order valence-corrected chi connectivity index (χ3v) is 5.26. The summed E-state index contributed by atoms with van der Waals surface area (Å²) in [6.07, 6.45) is -4.82. The molecule has 0 aromatic heterocycles. The van der Waals surface area contributed by atoms with Crippen molar-refractivity contribution in [3.05, 3.63) is 54.1 Å². The van der Waals surface area contributed by atoms with Gasteiger partial charge in [0.15, 0.2) is 5.60 Å². The topological polar surface area (TPSA) is 29.5 Å². The average molecular weight is 380 g/mol. The molecule has 1 atom stereocenters. The monoisotopic (exact) mass is 380 g/mol. The number of allylic oxidation sites excluding steroid dienone is 1. The molecule has 1 N–H and O–H groups in total. The maximum absolute atomic E-state index is 13.4. The molecule has 0 bridgehead atoms. The van der Waals surface area contributed by atoms with Gasteiger partial charge in [0.2, 0.25) is 0 Å². The van der Waals surface area contributed by atoms with Gasteiger partial charge in [-0.1, -0.05) is 42.5 Å². The zero-order valence-electron chi connectivity index (χ0n) is 16.7. The Morgan fingerprint density at radius 3 is 2.11 bits per heavy atom. The number of ether oxygens (including phenoxy) is 1. The van der Waals surface area contributed by atoms with Gasteiger partial charge in [-0.3, -0.25) is 0 Å². The smallest absolute Gasteiger partial charge is 0.378 e. The van der Waals surface area contributed by atoms with E-state index in [1.165, 1.54) is 13.8 Å². The van der Waals surface area contributed by atoms with Crippen LogP contribution in [0.4, 0.5) is 13.2 Å². The van der Waals surface area contributed by atoms with Crippen LogP contribution < -0.4 is 0 Å². The normalized spacial score (nSPS) is 15.6. The van der Waals surface area contributed by atoms with Gasteiger partial charge in [-0.25, -0.2) is 0 Å². The van der Waals surface area contributed by atoms with Crippen LogP contribution in [0.2, 0.25) is 0 Å². The van der Waals surface area contributed by atoms with Crippen LogP contribution >= 0.6 is 0 Å². The maximum atomic E-state index is 13.4. The predicted octanol–water partition coefficient (Wildman–Crippen LogP) is 6.22. The van der Waals surface area contributed by atoms with Crippen LogP contribution in [0.25, 0.3) is 16.3 Å². The first-order chi connectivity index (χ1) is 12.1. The number of alkyl halides is 3. The van der Waals surface area contributed by atoms with Crippen LogP contribution in [-0.4, -0.2) is 22.5 Å². The second kappa shape index (κ2) is 6.64. The van der Waals surface area contributed by atoms with Crippen molar-refractivity contribution < 1.29 is 23.0 Å². The molecule has 0 amide bonds. The summed E-state index contributed by atoms with van der Waals surface area (Å²) in [4.78, 5) is 0. The van der Waals surface area contributed by atoms with Crippen molar-refractivity contribution in [3.63, 3.8) is 0 Å². The second-order valence-corrected chi connectivity index (χ2v) is 8.21. The summed E-state index contributed by atoms with van der Waals surface area (Å²) in [5, 5.41) is 12.0. The third-order valence-electron chi connectivity index (χ3n) is 5.26. The lowest BCUT2D eigenvalue weighted by atomic mass is 9.84. The van der Waals surface area contributed by atoms with Crippen molar-refractivity contribution in [2.45, 2.75) is 64.5 Å². The van der Waals surface area contributed by atoms with Gasteiger partial charge in [-0.05, 0) is 69.5 Å². The van der Waals surface area contributed by atoms with E-state index >= 15 is 0 Å². The zero-order valence-corrected chi connectivity index (χ0v) is 16.7. The first kappa shape index (κ1) is 21.5. The minimum Gasteiger partial charge on any atom is -0.378 e. The van der Waals surface area contributed by atoms with Gasteiger partial charge in [0, 0.05) is 0 Å². The molecule has 2 aromatic carbocycles. The molecule has 0 spiro atoms. The minimum atomic E-state index is -4.82. The highest BCUT2D eigenvalue weighted by Crippen LogP contribution is 2.44. The quantitative estimate of drug-likeness (QED) is 0.667. The molecule has 0 saturated heterocycles. The number of fused-ring (bicyclic) bond motifs is 1. The Balaban J connectivity index is 2.56. The zero-order chi connectivity index (χ0) is 20.8. The third kappa shape index (κ3) is 3.90. The molecular weight excluding hydrogens is 353 g/mol. The Labute approximate surface area is 158 Å². The van der Waals surface area contributed by atoms with Gasteiger partial charge in [0.1, 0.15) is 5.60 Å². The van der Waals surface area contributed by atoms with Crippen molar-refractivity contribution in [1.82, 2.24) is 0 Å². The number of aliphatic hydroxyl groups is 1. The molecule has 0 radical (unpaired) electrons. The van der Waals surface area contributed by atoms with Crippen LogP contribution in [0.15, 0.2) is 43.0 Å². The van der Waals surface area contributed by atoms with Gasteiger partial charge in [0.05, 0.1) is 5.60 Å². The first-order valence-corrected chi connectivity index (χ1v) is 8.78. The number of benzene rings is 2. The van der Waals surface area contributed by atoms with E-state index in [1.807, 2.05) is 43.3 Å². The van der Waals surface area contributed by atoms with Gasteiger partial charge >= 0.3 is 6.18 Å². The van der Waals surface area contributed by atoms with Crippen LogP contribution in [0.3, 0.4) is 0 Å². The second-order valence-electron chi connectivity index (χ2n) is 8.21. The summed E-state index contributed by atoms with van der Waals surface area (Å²) >= 11 is 0. The van der Waals surface area contributed by atoms with Crippen LogP contribution in [0.1, 0.15) is 52.7 Å². The van der Waals surface area contributed by atoms with E-state index in [9.17, 15) is 18.3 Å². The van der Waals surface area contributed by atoms with Crippen LogP contribution in [0, 0.1) is 0 Å². The van der Waals surface area contributed by atoms with Gasteiger partial charge in [0.25, 0.3) is 0 Å². The molecule has 2 nitrogen and oxygen atoms in total. The highest BCUT2D eigenvalue weighted by Gasteiger charge is 2.61. The summed E-state index contributed by atoms with van der Waals surface area (Å²) < 4.78 is 46.0. The Morgan fingerprint density at radius 2 is 1.59 bits per heavy atom. The van der Waals surface area contributed by atoms with Crippen LogP contribution in [0.5, 0.6) is 0 Å². The molecule has 2 aromatic rings. The van der Waals surface area contributed by atoms with E-state index < -0.39 is 23.0 Å². The largest absolute Gasteiger partial charge is 0.419 e. The van der Waals surface area contributed by atoms with Gasteiger partial charge in [-0.15, -0.1) is 0 Å².